The van der Waals surface area contributed by atoms with E-state index in [9.17, 15) is 4.39 Å². The molecule has 0 saturated carbocycles. The molecule has 0 atom stereocenters. The first kappa shape index (κ1) is 9.57. The van der Waals surface area contributed by atoms with Gasteiger partial charge in [-0.1, -0.05) is 0 Å². The fourth-order valence-corrected chi connectivity index (χ4v) is 1.18. The molecule has 0 aliphatic rings. The maximum Gasteiger partial charge on any atom is 0.183 e. The van der Waals surface area contributed by atoms with E-state index in [4.69, 9.17) is 0 Å². The predicted octanol–water partition coefficient (Wildman–Crippen LogP) is 1.07. The molecule has 0 unspecified atom stereocenters. The summed E-state index contributed by atoms with van der Waals surface area (Å²) in [4.78, 5) is 9.56. The van der Waals surface area contributed by atoms with E-state index in [0.29, 0.717) is 11.5 Å². The van der Waals surface area contributed by atoms with E-state index >= 15 is 0 Å². The van der Waals surface area contributed by atoms with Crippen molar-refractivity contribution in [2.75, 3.05) is 19.0 Å². The van der Waals surface area contributed by atoms with Crippen LogP contribution < -0.4 is 4.90 Å². The van der Waals surface area contributed by atoms with Crippen LogP contribution in [0, 0.1) is 5.82 Å². The largest absolute Gasteiger partial charge is 0.360 e. The fraction of sp³-hybridized carbons (Fsp3) is 0.222. The van der Waals surface area contributed by atoms with Crippen LogP contribution in [-0.2, 0) is 0 Å². The van der Waals surface area contributed by atoms with Gasteiger partial charge in [-0.15, -0.1) is 0 Å². The Kier molecular flexibility index (Phi) is 2.32. The molecule has 5 nitrogen and oxygen atoms in total. The van der Waals surface area contributed by atoms with Crippen LogP contribution in [0.15, 0.2) is 18.5 Å². The number of anilines is 1. The van der Waals surface area contributed by atoms with E-state index in [0.717, 1.165) is 6.20 Å². The van der Waals surface area contributed by atoms with Gasteiger partial charge in [0.15, 0.2) is 17.5 Å². The van der Waals surface area contributed by atoms with Crippen molar-refractivity contribution in [2.24, 2.45) is 0 Å². The Hall–Kier alpha value is -1.98. The molecule has 0 spiro atoms. The molecule has 2 rings (SSSR count). The lowest BCUT2D eigenvalue weighted by molar-refractivity contribution is 0.612. The number of nitrogens with zero attached hydrogens (tertiary/aromatic N) is 4. The van der Waals surface area contributed by atoms with Crippen LogP contribution in [0.25, 0.3) is 11.5 Å². The van der Waals surface area contributed by atoms with Gasteiger partial charge < -0.3 is 4.90 Å². The van der Waals surface area contributed by atoms with Crippen LogP contribution in [0.3, 0.4) is 0 Å². The Morgan fingerprint density at radius 3 is 2.80 bits per heavy atom. The SMILES string of the molecule is CN(C)c1nc(-c2ccn[nH]2)ncc1F. The van der Waals surface area contributed by atoms with Gasteiger partial charge in [-0.2, -0.15) is 5.10 Å². The second-order valence-electron chi connectivity index (χ2n) is 3.23. The molecular formula is C9H10FN5. The normalized spacial score (nSPS) is 10.3. The highest BCUT2D eigenvalue weighted by Gasteiger charge is 2.10. The Bertz CT molecular complexity index is 452. The van der Waals surface area contributed by atoms with Gasteiger partial charge in [-0.25, -0.2) is 14.4 Å². The van der Waals surface area contributed by atoms with Crippen LogP contribution in [0.5, 0.6) is 0 Å². The van der Waals surface area contributed by atoms with E-state index < -0.39 is 5.82 Å². The quantitative estimate of drug-likeness (QED) is 0.800. The minimum atomic E-state index is -0.441. The van der Waals surface area contributed by atoms with Crippen LogP contribution in [0.1, 0.15) is 0 Å². The molecule has 1 N–H and O–H groups in total. The summed E-state index contributed by atoms with van der Waals surface area (Å²) in [5.41, 5.74) is 0.665. The molecule has 6 heteroatoms. The van der Waals surface area contributed by atoms with Crippen molar-refractivity contribution < 1.29 is 4.39 Å². The standard InChI is InChI=1S/C9H10FN5/c1-15(2)9-6(10)5-11-8(13-9)7-3-4-12-14-7/h3-5H,1-2H3,(H,12,14). The Labute approximate surface area is 86.0 Å². The first-order valence-corrected chi connectivity index (χ1v) is 4.38. The van der Waals surface area contributed by atoms with Gasteiger partial charge >= 0.3 is 0 Å². The number of aromatic nitrogens is 4. The van der Waals surface area contributed by atoms with Gasteiger partial charge in [0.2, 0.25) is 0 Å². The number of aromatic amines is 1. The molecule has 0 saturated heterocycles. The summed E-state index contributed by atoms with van der Waals surface area (Å²) in [6.45, 7) is 0. The summed E-state index contributed by atoms with van der Waals surface area (Å²) in [7, 11) is 3.45. The summed E-state index contributed by atoms with van der Waals surface area (Å²) >= 11 is 0. The van der Waals surface area contributed by atoms with Gasteiger partial charge in [-0.05, 0) is 6.07 Å². The van der Waals surface area contributed by atoms with E-state index in [-0.39, 0.29) is 5.82 Å². The Morgan fingerprint density at radius 1 is 1.40 bits per heavy atom. The van der Waals surface area contributed by atoms with Crippen molar-refractivity contribution in [1.29, 1.82) is 0 Å². The molecule has 15 heavy (non-hydrogen) atoms. The first-order chi connectivity index (χ1) is 7.18. The zero-order valence-electron chi connectivity index (χ0n) is 8.40. The van der Waals surface area contributed by atoms with Crippen molar-refractivity contribution in [3.8, 4) is 11.5 Å². The zero-order chi connectivity index (χ0) is 10.8. The Balaban J connectivity index is 2.48. The van der Waals surface area contributed by atoms with Crippen LogP contribution >= 0.6 is 0 Å². The molecule has 0 bridgehead atoms. The van der Waals surface area contributed by atoms with Crippen molar-refractivity contribution in [3.63, 3.8) is 0 Å². The van der Waals surface area contributed by atoms with E-state index in [1.807, 2.05) is 0 Å². The summed E-state index contributed by atoms with van der Waals surface area (Å²) in [6, 6.07) is 1.73. The molecule has 0 aliphatic carbocycles. The van der Waals surface area contributed by atoms with E-state index in [1.165, 1.54) is 0 Å². The summed E-state index contributed by atoms with van der Waals surface area (Å²) in [6.07, 6.45) is 2.75. The highest BCUT2D eigenvalue weighted by Crippen LogP contribution is 2.17. The summed E-state index contributed by atoms with van der Waals surface area (Å²) < 4.78 is 13.3. The molecule has 2 heterocycles. The number of rotatable bonds is 2. The smallest absolute Gasteiger partial charge is 0.183 e. The number of hydrogen-bond donors (Lipinski definition) is 1. The maximum absolute atomic E-state index is 13.3. The van der Waals surface area contributed by atoms with Crippen molar-refractivity contribution >= 4 is 5.82 Å². The van der Waals surface area contributed by atoms with Crippen LogP contribution in [-0.4, -0.2) is 34.3 Å². The van der Waals surface area contributed by atoms with Gasteiger partial charge in [0, 0.05) is 20.3 Å². The van der Waals surface area contributed by atoms with E-state index in [1.54, 1.807) is 31.3 Å². The van der Waals surface area contributed by atoms with Crippen molar-refractivity contribution in [1.82, 2.24) is 20.2 Å². The van der Waals surface area contributed by atoms with E-state index in [2.05, 4.69) is 20.2 Å². The predicted molar refractivity (Wildman–Crippen MR) is 53.9 cm³/mol. The number of halogens is 1. The van der Waals surface area contributed by atoms with Crippen LogP contribution in [0.2, 0.25) is 0 Å². The van der Waals surface area contributed by atoms with Gasteiger partial charge in [0.25, 0.3) is 0 Å². The lowest BCUT2D eigenvalue weighted by Crippen LogP contribution is -2.13. The molecule has 0 aliphatic heterocycles. The lowest BCUT2D eigenvalue weighted by atomic mass is 10.4. The lowest BCUT2D eigenvalue weighted by Gasteiger charge is -2.12. The zero-order valence-corrected chi connectivity index (χ0v) is 8.40. The average molecular weight is 207 g/mol. The minimum Gasteiger partial charge on any atom is -0.360 e. The highest BCUT2D eigenvalue weighted by atomic mass is 19.1. The first-order valence-electron chi connectivity index (χ1n) is 4.38. The fourth-order valence-electron chi connectivity index (χ4n) is 1.18. The molecule has 2 aromatic heterocycles. The molecule has 78 valence electrons. The monoisotopic (exact) mass is 207 g/mol. The molecule has 0 radical (unpaired) electrons. The number of H-pyrrole nitrogens is 1. The molecule has 2 aromatic rings. The second kappa shape index (κ2) is 3.64. The van der Waals surface area contributed by atoms with Gasteiger partial charge in [-0.3, -0.25) is 5.10 Å². The molecule has 0 fully saturated rings. The molecule has 0 aromatic carbocycles. The summed E-state index contributed by atoms with van der Waals surface area (Å²) in [5, 5.41) is 6.51. The van der Waals surface area contributed by atoms with Crippen LogP contribution in [0.4, 0.5) is 10.2 Å². The third-order valence-corrected chi connectivity index (χ3v) is 1.89. The van der Waals surface area contributed by atoms with Crippen molar-refractivity contribution in [3.05, 3.63) is 24.3 Å². The highest BCUT2D eigenvalue weighted by molar-refractivity contribution is 5.51. The topological polar surface area (TPSA) is 57.7 Å². The Morgan fingerprint density at radius 2 is 2.20 bits per heavy atom. The third-order valence-electron chi connectivity index (χ3n) is 1.89. The number of hydrogen-bond acceptors (Lipinski definition) is 4. The maximum atomic E-state index is 13.3. The third kappa shape index (κ3) is 1.78. The van der Waals surface area contributed by atoms with Crippen molar-refractivity contribution in [2.45, 2.75) is 0 Å². The minimum absolute atomic E-state index is 0.259. The summed E-state index contributed by atoms with van der Waals surface area (Å²) in [5.74, 6) is 0.246. The van der Waals surface area contributed by atoms with Gasteiger partial charge in [0.05, 0.1) is 6.20 Å². The second-order valence-corrected chi connectivity index (χ2v) is 3.23. The average Bonchev–Trinajstić information content (AvgIpc) is 2.71. The molecule has 0 amide bonds. The molecular weight excluding hydrogens is 197 g/mol. The number of nitrogens with one attached hydrogen (secondary N) is 1. The van der Waals surface area contributed by atoms with Gasteiger partial charge in [0.1, 0.15) is 5.69 Å².